The molecular formula is C17H17FN2O4S. The fourth-order valence-electron chi connectivity index (χ4n) is 2.13. The Hall–Kier alpha value is -2.61. The fraction of sp³-hybridized carbons (Fsp3) is 0.235. The van der Waals surface area contributed by atoms with Crippen LogP contribution in [0.1, 0.15) is 18.5 Å². The van der Waals surface area contributed by atoms with E-state index in [9.17, 15) is 19.3 Å². The maximum absolute atomic E-state index is 13.7. The lowest BCUT2D eigenvalue weighted by molar-refractivity contribution is -0.384. The van der Waals surface area contributed by atoms with E-state index in [0.29, 0.717) is 5.56 Å². The first-order chi connectivity index (χ1) is 11.9. The summed E-state index contributed by atoms with van der Waals surface area (Å²) >= 11 is 1.27. The van der Waals surface area contributed by atoms with Crippen LogP contribution in [-0.4, -0.2) is 23.7 Å². The van der Waals surface area contributed by atoms with Gasteiger partial charge in [0.05, 0.1) is 23.8 Å². The minimum absolute atomic E-state index is 0.00366. The summed E-state index contributed by atoms with van der Waals surface area (Å²) in [6.07, 6.45) is 0. The monoisotopic (exact) mass is 364 g/mol. The summed E-state index contributed by atoms with van der Waals surface area (Å²) < 4.78 is 18.6. The molecule has 25 heavy (non-hydrogen) atoms. The zero-order chi connectivity index (χ0) is 18.4. The molecule has 132 valence electrons. The molecule has 0 aliphatic carbocycles. The van der Waals surface area contributed by atoms with Crippen LogP contribution in [0.5, 0.6) is 5.75 Å². The highest BCUT2D eigenvalue weighted by Crippen LogP contribution is 2.23. The molecule has 1 atom stereocenters. The van der Waals surface area contributed by atoms with Crippen molar-refractivity contribution in [2.45, 2.75) is 17.9 Å². The smallest absolute Gasteiger partial charge is 0.269 e. The van der Waals surface area contributed by atoms with Crippen molar-refractivity contribution < 1.29 is 18.8 Å². The van der Waals surface area contributed by atoms with Gasteiger partial charge in [-0.05, 0) is 36.8 Å². The second-order valence-electron chi connectivity index (χ2n) is 5.22. The van der Waals surface area contributed by atoms with Crippen LogP contribution in [-0.2, 0) is 4.79 Å². The molecule has 2 aromatic carbocycles. The van der Waals surface area contributed by atoms with E-state index < -0.39 is 10.7 Å². The van der Waals surface area contributed by atoms with Gasteiger partial charge in [-0.15, -0.1) is 11.8 Å². The Kier molecular flexibility index (Phi) is 6.35. The van der Waals surface area contributed by atoms with E-state index in [1.54, 1.807) is 25.1 Å². The molecule has 2 aromatic rings. The Bertz CT molecular complexity index is 768. The van der Waals surface area contributed by atoms with E-state index >= 15 is 0 Å². The van der Waals surface area contributed by atoms with E-state index in [0.717, 1.165) is 4.90 Å². The van der Waals surface area contributed by atoms with Gasteiger partial charge in [0.1, 0.15) is 0 Å². The molecule has 0 saturated carbocycles. The van der Waals surface area contributed by atoms with E-state index in [1.807, 2.05) is 0 Å². The number of amides is 1. The van der Waals surface area contributed by atoms with Crippen molar-refractivity contribution in [3.05, 3.63) is 64.0 Å². The molecule has 8 heteroatoms. The first kappa shape index (κ1) is 18.7. The fourth-order valence-corrected chi connectivity index (χ4v) is 2.84. The molecule has 1 amide bonds. The highest BCUT2D eigenvalue weighted by Gasteiger charge is 2.13. The van der Waals surface area contributed by atoms with Gasteiger partial charge in [0.25, 0.3) is 5.69 Å². The lowest BCUT2D eigenvalue weighted by atomic mass is 10.1. The van der Waals surface area contributed by atoms with Crippen LogP contribution >= 0.6 is 11.8 Å². The van der Waals surface area contributed by atoms with Crippen LogP contribution < -0.4 is 10.1 Å². The number of nitro groups is 1. The molecule has 0 aliphatic heterocycles. The molecule has 0 spiro atoms. The average Bonchev–Trinajstić information content (AvgIpc) is 2.60. The average molecular weight is 364 g/mol. The number of thioether (sulfide) groups is 1. The van der Waals surface area contributed by atoms with E-state index in [-0.39, 0.29) is 29.1 Å². The van der Waals surface area contributed by atoms with Gasteiger partial charge in [0.2, 0.25) is 5.91 Å². The van der Waals surface area contributed by atoms with Crippen molar-refractivity contribution in [2.75, 3.05) is 12.9 Å². The zero-order valence-electron chi connectivity index (χ0n) is 13.7. The van der Waals surface area contributed by atoms with Crippen molar-refractivity contribution in [1.82, 2.24) is 5.32 Å². The third-order valence-electron chi connectivity index (χ3n) is 3.47. The van der Waals surface area contributed by atoms with Crippen molar-refractivity contribution in [1.29, 1.82) is 0 Å². The number of nitrogens with one attached hydrogen (secondary N) is 1. The maximum Gasteiger partial charge on any atom is 0.269 e. The van der Waals surface area contributed by atoms with Crippen LogP contribution in [0.2, 0.25) is 0 Å². The third-order valence-corrected chi connectivity index (χ3v) is 4.48. The molecule has 0 unspecified atom stereocenters. The molecule has 0 saturated heterocycles. The Morgan fingerprint density at radius 3 is 2.56 bits per heavy atom. The van der Waals surface area contributed by atoms with E-state index in [1.165, 1.54) is 43.1 Å². The highest BCUT2D eigenvalue weighted by atomic mass is 32.2. The minimum atomic E-state index is -0.485. The van der Waals surface area contributed by atoms with Crippen LogP contribution in [0, 0.1) is 15.9 Å². The zero-order valence-corrected chi connectivity index (χ0v) is 14.5. The second kappa shape index (κ2) is 8.48. The third kappa shape index (κ3) is 5.18. The van der Waals surface area contributed by atoms with Crippen LogP contribution in [0.15, 0.2) is 47.4 Å². The lowest BCUT2D eigenvalue weighted by Crippen LogP contribution is -2.28. The first-order valence-corrected chi connectivity index (χ1v) is 8.39. The number of nitrogens with zero attached hydrogens (tertiary/aromatic N) is 1. The summed E-state index contributed by atoms with van der Waals surface area (Å²) in [7, 11) is 1.39. The van der Waals surface area contributed by atoms with E-state index in [2.05, 4.69) is 5.32 Å². The van der Waals surface area contributed by atoms with Gasteiger partial charge in [0, 0.05) is 17.0 Å². The summed E-state index contributed by atoms with van der Waals surface area (Å²) in [6, 6.07) is 10.1. The largest absolute Gasteiger partial charge is 0.494 e. The van der Waals surface area contributed by atoms with Crippen LogP contribution in [0.25, 0.3) is 0 Å². The lowest BCUT2D eigenvalue weighted by Gasteiger charge is -2.15. The Labute approximate surface area is 148 Å². The number of hydrogen-bond donors (Lipinski definition) is 1. The van der Waals surface area contributed by atoms with Crippen LogP contribution in [0.4, 0.5) is 10.1 Å². The number of hydrogen-bond acceptors (Lipinski definition) is 5. The van der Waals surface area contributed by atoms with E-state index in [4.69, 9.17) is 4.74 Å². The summed E-state index contributed by atoms with van der Waals surface area (Å²) in [4.78, 5) is 22.9. The predicted octanol–water partition coefficient (Wildman–Crippen LogP) is 3.71. The molecule has 1 N–H and O–H groups in total. The minimum Gasteiger partial charge on any atom is -0.494 e. The predicted molar refractivity (Wildman–Crippen MR) is 93.3 cm³/mol. The Morgan fingerprint density at radius 2 is 2.00 bits per heavy atom. The molecule has 0 radical (unpaired) electrons. The number of nitro benzene ring substituents is 1. The maximum atomic E-state index is 13.7. The molecule has 0 fully saturated rings. The molecule has 2 rings (SSSR count). The molecular weight excluding hydrogens is 347 g/mol. The normalized spacial score (nSPS) is 11.6. The van der Waals surface area contributed by atoms with Crippen molar-refractivity contribution >= 4 is 23.4 Å². The SMILES string of the molecule is COc1ccc([C@H](C)NC(=O)CSc2ccc([N+](=O)[O-])cc2)cc1F. The topological polar surface area (TPSA) is 81.5 Å². The molecule has 0 aliphatic rings. The number of benzene rings is 2. The summed E-state index contributed by atoms with van der Waals surface area (Å²) in [5, 5.41) is 13.4. The Morgan fingerprint density at radius 1 is 1.32 bits per heavy atom. The first-order valence-electron chi connectivity index (χ1n) is 7.40. The standard InChI is InChI=1S/C17H17FN2O4S/c1-11(12-3-8-16(24-2)15(18)9-12)19-17(21)10-25-14-6-4-13(5-7-14)20(22)23/h3-9,11H,10H2,1-2H3,(H,19,21)/t11-/m0/s1. The highest BCUT2D eigenvalue weighted by molar-refractivity contribution is 8.00. The molecule has 0 bridgehead atoms. The number of methoxy groups -OCH3 is 1. The van der Waals surface area contributed by atoms with Crippen molar-refractivity contribution in [2.24, 2.45) is 0 Å². The van der Waals surface area contributed by atoms with Crippen molar-refractivity contribution in [3.8, 4) is 5.75 Å². The van der Waals surface area contributed by atoms with Gasteiger partial charge in [-0.25, -0.2) is 4.39 Å². The Balaban J connectivity index is 1.89. The van der Waals surface area contributed by atoms with Gasteiger partial charge in [0.15, 0.2) is 11.6 Å². The molecule has 0 aromatic heterocycles. The quantitative estimate of drug-likeness (QED) is 0.460. The summed E-state index contributed by atoms with van der Waals surface area (Å²) in [6.45, 7) is 1.76. The van der Waals surface area contributed by atoms with Gasteiger partial charge in [-0.1, -0.05) is 6.07 Å². The number of ether oxygens (including phenoxy) is 1. The van der Waals surface area contributed by atoms with Gasteiger partial charge >= 0.3 is 0 Å². The number of rotatable bonds is 7. The molecule has 0 heterocycles. The molecule has 6 nitrogen and oxygen atoms in total. The van der Waals surface area contributed by atoms with Crippen LogP contribution in [0.3, 0.4) is 0 Å². The number of non-ortho nitro benzene ring substituents is 1. The number of halogens is 1. The summed E-state index contributed by atoms with van der Waals surface area (Å²) in [5.41, 5.74) is 0.635. The van der Waals surface area contributed by atoms with Gasteiger partial charge < -0.3 is 10.1 Å². The number of carbonyl (C=O) groups is 1. The second-order valence-corrected chi connectivity index (χ2v) is 6.27. The van der Waals surface area contributed by atoms with Crippen molar-refractivity contribution in [3.63, 3.8) is 0 Å². The summed E-state index contributed by atoms with van der Waals surface area (Å²) in [5.74, 6) is -0.398. The van der Waals surface area contributed by atoms with Gasteiger partial charge in [-0.2, -0.15) is 0 Å². The van der Waals surface area contributed by atoms with Gasteiger partial charge in [-0.3, -0.25) is 14.9 Å². The number of carbonyl (C=O) groups excluding carboxylic acids is 1.